The average molecular weight is 370 g/mol. The molecule has 1 aliphatic heterocycles. The molecule has 134 valence electrons. The summed E-state index contributed by atoms with van der Waals surface area (Å²) < 4.78 is 26.9. The van der Waals surface area contributed by atoms with Crippen LogP contribution in [0, 0.1) is 18.3 Å². The highest BCUT2D eigenvalue weighted by Gasteiger charge is 2.31. The molecule has 8 heteroatoms. The third-order valence-electron chi connectivity index (χ3n) is 4.31. The monoisotopic (exact) mass is 370 g/mol. The lowest BCUT2D eigenvalue weighted by Gasteiger charge is -2.34. The van der Waals surface area contributed by atoms with Gasteiger partial charge < -0.3 is 4.90 Å². The van der Waals surface area contributed by atoms with Crippen LogP contribution in [0.25, 0.3) is 0 Å². The van der Waals surface area contributed by atoms with Gasteiger partial charge in [-0.2, -0.15) is 9.57 Å². The number of hydrogen-bond donors (Lipinski definition) is 0. The van der Waals surface area contributed by atoms with Gasteiger partial charge in [0.15, 0.2) is 0 Å². The minimum atomic E-state index is -3.76. The maximum atomic E-state index is 12.8. The summed E-state index contributed by atoms with van der Waals surface area (Å²) in [6.45, 7) is 2.80. The molecular formula is C18H18N4O3S. The Morgan fingerprint density at radius 2 is 1.81 bits per heavy atom. The van der Waals surface area contributed by atoms with E-state index in [1.54, 1.807) is 29.2 Å². The first-order valence-corrected chi connectivity index (χ1v) is 9.58. The molecule has 0 atom stereocenters. The lowest BCUT2D eigenvalue weighted by molar-refractivity contribution is 0.0697. The minimum Gasteiger partial charge on any atom is -0.336 e. The second-order valence-electron chi connectivity index (χ2n) is 5.99. The summed E-state index contributed by atoms with van der Waals surface area (Å²) in [6, 6.07) is 11.5. The van der Waals surface area contributed by atoms with Gasteiger partial charge in [0.1, 0.15) is 6.07 Å². The summed E-state index contributed by atoms with van der Waals surface area (Å²) in [7, 11) is -3.76. The minimum absolute atomic E-state index is 0.00464. The maximum absolute atomic E-state index is 12.8. The number of piperazine rings is 1. The van der Waals surface area contributed by atoms with Gasteiger partial charge in [0.05, 0.1) is 16.0 Å². The van der Waals surface area contributed by atoms with E-state index in [1.807, 2.05) is 13.0 Å². The topological polar surface area (TPSA) is 94.4 Å². The lowest BCUT2D eigenvalue weighted by atomic mass is 10.2. The molecule has 0 unspecified atom stereocenters. The van der Waals surface area contributed by atoms with Crippen LogP contribution in [0.2, 0.25) is 0 Å². The van der Waals surface area contributed by atoms with Gasteiger partial charge in [-0.15, -0.1) is 0 Å². The van der Waals surface area contributed by atoms with E-state index in [9.17, 15) is 13.2 Å². The first-order valence-electron chi connectivity index (χ1n) is 8.14. The van der Waals surface area contributed by atoms with Crippen LogP contribution in [0.5, 0.6) is 0 Å². The van der Waals surface area contributed by atoms with Crippen molar-refractivity contribution in [3.8, 4) is 6.07 Å². The molecular weight excluding hydrogens is 352 g/mol. The third-order valence-corrected chi connectivity index (χ3v) is 6.27. The van der Waals surface area contributed by atoms with Gasteiger partial charge in [-0.3, -0.25) is 9.78 Å². The Balaban J connectivity index is 1.73. The van der Waals surface area contributed by atoms with E-state index in [-0.39, 0.29) is 29.5 Å². The van der Waals surface area contributed by atoms with Crippen molar-refractivity contribution in [3.63, 3.8) is 0 Å². The van der Waals surface area contributed by atoms with Crippen molar-refractivity contribution in [2.24, 2.45) is 0 Å². The number of rotatable bonds is 3. The number of pyridine rings is 1. The Kier molecular flexibility index (Phi) is 5.02. The normalized spacial score (nSPS) is 15.5. The SMILES string of the molecule is Cc1ccc(C(=O)N2CCN(S(=O)(=O)c3ccccc3C#N)CC2)cn1. The molecule has 7 nitrogen and oxygen atoms in total. The van der Waals surface area contributed by atoms with E-state index in [1.165, 1.54) is 22.6 Å². The number of benzene rings is 1. The molecule has 1 fully saturated rings. The predicted molar refractivity (Wildman–Crippen MR) is 94.8 cm³/mol. The van der Waals surface area contributed by atoms with Gasteiger partial charge in [-0.05, 0) is 31.2 Å². The number of aromatic nitrogens is 1. The zero-order valence-corrected chi connectivity index (χ0v) is 15.1. The Morgan fingerprint density at radius 1 is 1.12 bits per heavy atom. The highest BCUT2D eigenvalue weighted by atomic mass is 32.2. The van der Waals surface area contributed by atoms with Crippen molar-refractivity contribution in [2.45, 2.75) is 11.8 Å². The largest absolute Gasteiger partial charge is 0.336 e. The van der Waals surface area contributed by atoms with Crippen molar-refractivity contribution in [1.29, 1.82) is 5.26 Å². The molecule has 1 aromatic heterocycles. The van der Waals surface area contributed by atoms with Crippen LogP contribution in [0.1, 0.15) is 21.6 Å². The molecule has 0 saturated carbocycles. The molecule has 1 saturated heterocycles. The number of carbonyl (C=O) groups excluding carboxylic acids is 1. The van der Waals surface area contributed by atoms with E-state index >= 15 is 0 Å². The van der Waals surface area contributed by atoms with Crippen LogP contribution in [-0.4, -0.2) is 54.7 Å². The van der Waals surface area contributed by atoms with Gasteiger partial charge in [-0.1, -0.05) is 12.1 Å². The van der Waals surface area contributed by atoms with Crippen LogP contribution in [-0.2, 0) is 10.0 Å². The maximum Gasteiger partial charge on any atom is 0.255 e. The summed E-state index contributed by atoms with van der Waals surface area (Å²) in [6.07, 6.45) is 1.53. The molecule has 3 rings (SSSR count). The average Bonchev–Trinajstić information content (AvgIpc) is 2.68. The molecule has 26 heavy (non-hydrogen) atoms. The Morgan fingerprint density at radius 3 is 2.42 bits per heavy atom. The first kappa shape index (κ1) is 18.0. The number of nitriles is 1. The van der Waals surface area contributed by atoms with Crippen molar-refractivity contribution in [1.82, 2.24) is 14.2 Å². The van der Waals surface area contributed by atoms with Crippen molar-refractivity contribution in [3.05, 3.63) is 59.4 Å². The lowest BCUT2D eigenvalue weighted by Crippen LogP contribution is -2.50. The fraction of sp³-hybridized carbons (Fsp3) is 0.278. The summed E-state index contributed by atoms with van der Waals surface area (Å²) in [5, 5.41) is 9.15. The smallest absolute Gasteiger partial charge is 0.255 e. The number of carbonyl (C=O) groups is 1. The van der Waals surface area contributed by atoms with Crippen LogP contribution < -0.4 is 0 Å². The zero-order chi connectivity index (χ0) is 18.7. The van der Waals surface area contributed by atoms with Crippen molar-refractivity contribution in [2.75, 3.05) is 26.2 Å². The number of sulfonamides is 1. The highest BCUT2D eigenvalue weighted by molar-refractivity contribution is 7.89. The van der Waals surface area contributed by atoms with Gasteiger partial charge >= 0.3 is 0 Å². The van der Waals surface area contributed by atoms with Crippen molar-refractivity contribution < 1.29 is 13.2 Å². The molecule has 0 N–H and O–H groups in total. The number of amides is 1. The molecule has 2 aromatic rings. The fourth-order valence-electron chi connectivity index (χ4n) is 2.83. The predicted octanol–water partition coefficient (Wildman–Crippen LogP) is 1.41. The molecule has 0 aliphatic carbocycles. The van der Waals surface area contributed by atoms with Crippen LogP contribution >= 0.6 is 0 Å². The molecule has 0 spiro atoms. The Hall–Kier alpha value is -2.76. The standard InChI is InChI=1S/C18H18N4O3S/c1-14-6-7-16(13-20-14)18(23)21-8-10-22(11-9-21)26(24,25)17-5-3-2-4-15(17)12-19/h2-7,13H,8-11H2,1H3. The molecule has 0 bridgehead atoms. The van der Waals surface area contributed by atoms with Crippen LogP contribution in [0.15, 0.2) is 47.5 Å². The summed E-state index contributed by atoms with van der Waals surface area (Å²) in [4.78, 5) is 18.3. The van der Waals surface area contributed by atoms with E-state index in [0.29, 0.717) is 18.7 Å². The van der Waals surface area contributed by atoms with Gasteiger partial charge in [0, 0.05) is 38.1 Å². The Labute approximate surface area is 152 Å². The fourth-order valence-corrected chi connectivity index (χ4v) is 4.40. The molecule has 0 radical (unpaired) electrons. The molecule has 2 heterocycles. The Bertz CT molecular complexity index is 957. The van der Waals surface area contributed by atoms with Crippen molar-refractivity contribution >= 4 is 15.9 Å². The second-order valence-corrected chi connectivity index (χ2v) is 7.90. The molecule has 1 amide bonds. The summed E-state index contributed by atoms with van der Waals surface area (Å²) in [5.74, 6) is -0.160. The molecule has 1 aromatic carbocycles. The zero-order valence-electron chi connectivity index (χ0n) is 14.3. The van der Waals surface area contributed by atoms with Gasteiger partial charge in [0.2, 0.25) is 10.0 Å². The number of hydrogen-bond acceptors (Lipinski definition) is 5. The quantitative estimate of drug-likeness (QED) is 0.814. The van der Waals surface area contributed by atoms with Crippen LogP contribution in [0.4, 0.5) is 0 Å². The van der Waals surface area contributed by atoms with Crippen LogP contribution in [0.3, 0.4) is 0 Å². The summed E-state index contributed by atoms with van der Waals surface area (Å²) >= 11 is 0. The van der Waals surface area contributed by atoms with E-state index in [4.69, 9.17) is 5.26 Å². The summed E-state index contributed by atoms with van der Waals surface area (Å²) in [5.41, 5.74) is 1.44. The van der Waals surface area contributed by atoms with Gasteiger partial charge in [0.25, 0.3) is 5.91 Å². The van der Waals surface area contributed by atoms with E-state index < -0.39 is 10.0 Å². The molecule has 1 aliphatic rings. The number of aryl methyl sites for hydroxylation is 1. The van der Waals surface area contributed by atoms with E-state index in [0.717, 1.165) is 5.69 Å². The second kappa shape index (κ2) is 7.23. The highest BCUT2D eigenvalue weighted by Crippen LogP contribution is 2.21. The van der Waals surface area contributed by atoms with Gasteiger partial charge in [-0.25, -0.2) is 8.42 Å². The third kappa shape index (κ3) is 3.45. The van der Waals surface area contributed by atoms with E-state index in [2.05, 4.69) is 4.98 Å². The first-order chi connectivity index (χ1) is 12.4. The number of nitrogens with zero attached hydrogens (tertiary/aromatic N) is 4.